The quantitative estimate of drug-likeness (QED) is 0.760. The number of hydrogen-bond acceptors (Lipinski definition) is 5. The monoisotopic (exact) mass is 388 g/mol. The molecule has 7 nitrogen and oxygen atoms in total. The van der Waals surface area contributed by atoms with E-state index in [1.807, 2.05) is 11.8 Å². The molecule has 0 aliphatic carbocycles. The summed E-state index contributed by atoms with van der Waals surface area (Å²) in [6.07, 6.45) is 2.44. The molecule has 1 saturated heterocycles. The van der Waals surface area contributed by atoms with E-state index in [1.165, 1.54) is 12.1 Å². The molecule has 2 amide bonds. The standard InChI is InChI=1S/C20H25FN4O3/c1-3-4-8-18(26)25-10-9-24(13-14(25)2)19(27)12-17-22-20(28-23-17)15-6-5-7-16(21)11-15/h5-7,11,14H,3-4,8-10,12-13H2,1-2H3. The van der Waals surface area contributed by atoms with Crippen molar-refractivity contribution in [3.8, 4) is 11.5 Å². The van der Waals surface area contributed by atoms with Crippen LogP contribution in [0.4, 0.5) is 4.39 Å². The van der Waals surface area contributed by atoms with Gasteiger partial charge in [0.1, 0.15) is 5.82 Å². The second-order valence-electron chi connectivity index (χ2n) is 7.08. The number of benzene rings is 1. The summed E-state index contributed by atoms with van der Waals surface area (Å²) in [4.78, 5) is 32.6. The van der Waals surface area contributed by atoms with Crippen LogP contribution >= 0.6 is 0 Å². The maximum absolute atomic E-state index is 13.3. The van der Waals surface area contributed by atoms with Crippen molar-refractivity contribution in [3.63, 3.8) is 0 Å². The Kier molecular flexibility index (Phi) is 6.38. The summed E-state index contributed by atoms with van der Waals surface area (Å²) in [5.41, 5.74) is 0.471. The molecular formula is C20H25FN4O3. The number of nitrogens with zero attached hydrogens (tertiary/aromatic N) is 4. The average molecular weight is 388 g/mol. The molecule has 2 heterocycles. The lowest BCUT2D eigenvalue weighted by atomic mass is 10.1. The summed E-state index contributed by atoms with van der Waals surface area (Å²) in [6, 6.07) is 5.84. The van der Waals surface area contributed by atoms with Crippen LogP contribution in [0.25, 0.3) is 11.5 Å². The predicted molar refractivity (Wildman–Crippen MR) is 101 cm³/mol. The van der Waals surface area contributed by atoms with Crippen LogP contribution < -0.4 is 0 Å². The van der Waals surface area contributed by atoms with Gasteiger partial charge in [-0.15, -0.1) is 0 Å². The Balaban J connectivity index is 1.57. The number of unbranched alkanes of at least 4 members (excludes halogenated alkanes) is 1. The van der Waals surface area contributed by atoms with Crippen molar-refractivity contribution in [2.75, 3.05) is 19.6 Å². The van der Waals surface area contributed by atoms with Crippen molar-refractivity contribution in [3.05, 3.63) is 35.9 Å². The molecule has 0 saturated carbocycles. The van der Waals surface area contributed by atoms with Gasteiger partial charge in [-0.05, 0) is 31.5 Å². The summed E-state index contributed by atoms with van der Waals surface area (Å²) < 4.78 is 18.5. The number of carbonyl (C=O) groups excluding carboxylic acids is 2. The van der Waals surface area contributed by atoms with Crippen LogP contribution in [0.3, 0.4) is 0 Å². The van der Waals surface area contributed by atoms with Crippen LogP contribution in [-0.4, -0.2) is 57.4 Å². The minimum absolute atomic E-state index is 0.00924. The second kappa shape index (κ2) is 8.95. The fourth-order valence-corrected chi connectivity index (χ4v) is 3.34. The van der Waals surface area contributed by atoms with Crippen LogP contribution in [0.5, 0.6) is 0 Å². The SMILES string of the molecule is CCCCC(=O)N1CCN(C(=O)Cc2noc(-c3cccc(F)c3)n2)CC1C. The zero-order valence-corrected chi connectivity index (χ0v) is 16.2. The Labute approximate surface area is 163 Å². The Morgan fingerprint density at radius 3 is 2.82 bits per heavy atom. The van der Waals surface area contributed by atoms with Gasteiger partial charge in [0.25, 0.3) is 5.89 Å². The molecule has 1 aromatic carbocycles. The molecule has 1 unspecified atom stereocenters. The first-order valence-corrected chi connectivity index (χ1v) is 9.63. The minimum atomic E-state index is -0.395. The second-order valence-corrected chi connectivity index (χ2v) is 7.08. The van der Waals surface area contributed by atoms with E-state index in [-0.39, 0.29) is 36.0 Å². The topological polar surface area (TPSA) is 79.5 Å². The van der Waals surface area contributed by atoms with Gasteiger partial charge in [0.05, 0.1) is 6.42 Å². The molecule has 0 radical (unpaired) electrons. The fraction of sp³-hybridized carbons (Fsp3) is 0.500. The Morgan fingerprint density at radius 2 is 2.11 bits per heavy atom. The van der Waals surface area contributed by atoms with Gasteiger partial charge in [-0.25, -0.2) is 4.39 Å². The molecule has 1 aliphatic heterocycles. The Hall–Kier alpha value is -2.77. The van der Waals surface area contributed by atoms with Crippen molar-refractivity contribution in [2.45, 2.75) is 45.6 Å². The van der Waals surface area contributed by atoms with E-state index < -0.39 is 5.82 Å². The molecule has 1 aromatic heterocycles. The van der Waals surface area contributed by atoms with E-state index in [4.69, 9.17) is 4.52 Å². The number of carbonyl (C=O) groups is 2. The van der Waals surface area contributed by atoms with Crippen molar-refractivity contribution in [1.82, 2.24) is 19.9 Å². The third-order valence-corrected chi connectivity index (χ3v) is 4.89. The maximum Gasteiger partial charge on any atom is 0.258 e. The van der Waals surface area contributed by atoms with Gasteiger partial charge in [-0.2, -0.15) is 4.98 Å². The summed E-state index contributed by atoms with van der Waals surface area (Å²) >= 11 is 0. The molecule has 3 rings (SSSR count). The van der Waals surface area contributed by atoms with E-state index >= 15 is 0 Å². The highest BCUT2D eigenvalue weighted by Crippen LogP contribution is 2.19. The summed E-state index contributed by atoms with van der Waals surface area (Å²) in [5.74, 6) is 0.0903. The number of hydrogen-bond donors (Lipinski definition) is 0. The van der Waals surface area contributed by atoms with Gasteiger partial charge in [-0.1, -0.05) is 24.6 Å². The number of halogens is 1. The highest BCUT2D eigenvalue weighted by molar-refractivity contribution is 5.79. The van der Waals surface area contributed by atoms with E-state index in [0.29, 0.717) is 31.6 Å². The molecule has 0 bridgehead atoms. The molecule has 1 atom stereocenters. The van der Waals surface area contributed by atoms with Crippen LogP contribution in [-0.2, 0) is 16.0 Å². The van der Waals surface area contributed by atoms with Gasteiger partial charge < -0.3 is 14.3 Å². The highest BCUT2D eigenvalue weighted by Gasteiger charge is 2.29. The van der Waals surface area contributed by atoms with Crippen LogP contribution in [0.1, 0.15) is 38.9 Å². The van der Waals surface area contributed by atoms with Crippen molar-refractivity contribution in [1.29, 1.82) is 0 Å². The number of rotatable bonds is 6. The molecule has 2 aromatic rings. The predicted octanol–water partition coefficient (Wildman–Crippen LogP) is 2.67. The number of piperazine rings is 1. The van der Waals surface area contributed by atoms with E-state index in [1.54, 1.807) is 17.0 Å². The van der Waals surface area contributed by atoms with Gasteiger partial charge >= 0.3 is 0 Å². The third-order valence-electron chi connectivity index (χ3n) is 4.89. The molecular weight excluding hydrogens is 363 g/mol. The van der Waals surface area contributed by atoms with Crippen molar-refractivity contribution < 1.29 is 18.5 Å². The van der Waals surface area contributed by atoms with E-state index in [2.05, 4.69) is 17.1 Å². The maximum atomic E-state index is 13.3. The van der Waals surface area contributed by atoms with Crippen LogP contribution in [0.15, 0.2) is 28.8 Å². The number of amides is 2. The fourth-order valence-electron chi connectivity index (χ4n) is 3.34. The molecule has 0 spiro atoms. The van der Waals surface area contributed by atoms with Crippen molar-refractivity contribution >= 4 is 11.8 Å². The lowest BCUT2D eigenvalue weighted by Crippen LogP contribution is -2.55. The first kappa shape index (κ1) is 20.0. The lowest BCUT2D eigenvalue weighted by Gasteiger charge is -2.40. The molecule has 8 heteroatoms. The van der Waals surface area contributed by atoms with E-state index in [0.717, 1.165) is 12.8 Å². The molecule has 1 aliphatic rings. The van der Waals surface area contributed by atoms with E-state index in [9.17, 15) is 14.0 Å². The van der Waals surface area contributed by atoms with Crippen molar-refractivity contribution in [2.24, 2.45) is 0 Å². The third kappa shape index (κ3) is 4.74. The van der Waals surface area contributed by atoms with Gasteiger partial charge in [0.15, 0.2) is 5.82 Å². The zero-order valence-electron chi connectivity index (χ0n) is 16.2. The summed E-state index contributed by atoms with van der Waals surface area (Å²) in [6.45, 7) is 5.54. The van der Waals surface area contributed by atoms with Gasteiger partial charge in [0, 0.05) is 37.7 Å². The molecule has 0 N–H and O–H groups in total. The molecule has 28 heavy (non-hydrogen) atoms. The summed E-state index contributed by atoms with van der Waals surface area (Å²) in [5, 5.41) is 3.83. The smallest absolute Gasteiger partial charge is 0.258 e. The van der Waals surface area contributed by atoms with Gasteiger partial charge in [0.2, 0.25) is 11.8 Å². The summed E-state index contributed by atoms with van der Waals surface area (Å²) in [7, 11) is 0. The molecule has 1 fully saturated rings. The average Bonchev–Trinajstić information content (AvgIpc) is 3.14. The Bertz CT molecular complexity index is 838. The first-order chi connectivity index (χ1) is 13.5. The zero-order chi connectivity index (χ0) is 20.1. The van der Waals surface area contributed by atoms with Gasteiger partial charge in [-0.3, -0.25) is 9.59 Å². The lowest BCUT2D eigenvalue weighted by molar-refractivity contribution is -0.142. The first-order valence-electron chi connectivity index (χ1n) is 9.63. The molecule has 150 valence electrons. The Morgan fingerprint density at radius 1 is 1.29 bits per heavy atom. The minimum Gasteiger partial charge on any atom is -0.338 e. The van der Waals surface area contributed by atoms with Crippen LogP contribution in [0, 0.1) is 5.82 Å². The largest absolute Gasteiger partial charge is 0.338 e. The van der Waals surface area contributed by atoms with Crippen LogP contribution in [0.2, 0.25) is 0 Å². The highest BCUT2D eigenvalue weighted by atomic mass is 19.1. The number of aromatic nitrogens is 2. The normalized spacial score (nSPS) is 17.0.